The minimum absolute atomic E-state index is 0.843. The largest absolute Gasteiger partial charge is 0.497 e. The van der Waals surface area contributed by atoms with E-state index in [0.29, 0.717) is 0 Å². The van der Waals surface area contributed by atoms with Crippen LogP contribution in [0.3, 0.4) is 0 Å². The van der Waals surface area contributed by atoms with Crippen molar-refractivity contribution in [2.75, 3.05) is 7.11 Å². The molecule has 2 aromatic heterocycles. The summed E-state index contributed by atoms with van der Waals surface area (Å²) < 4.78 is 7.11. The van der Waals surface area contributed by atoms with Crippen LogP contribution in [0.2, 0.25) is 0 Å². The molecular formula is C18H21N3OS. The van der Waals surface area contributed by atoms with Crippen LogP contribution in [0.1, 0.15) is 16.1 Å². The normalized spacial score (nSPS) is 10.9. The Bertz CT molecular complexity index is 774. The molecule has 0 atom stereocenters. The van der Waals surface area contributed by atoms with E-state index >= 15 is 0 Å². The number of thiophene rings is 1. The van der Waals surface area contributed by atoms with Crippen molar-refractivity contribution in [3.8, 4) is 16.2 Å². The van der Waals surface area contributed by atoms with Crippen molar-refractivity contribution in [1.82, 2.24) is 15.1 Å². The maximum Gasteiger partial charge on any atom is 0.118 e. The summed E-state index contributed by atoms with van der Waals surface area (Å²) in [6.45, 7) is 3.81. The van der Waals surface area contributed by atoms with Gasteiger partial charge in [0.05, 0.1) is 13.3 Å². The molecule has 3 rings (SSSR count). The number of nitrogens with zero attached hydrogens (tertiary/aromatic N) is 2. The monoisotopic (exact) mass is 327 g/mol. The zero-order chi connectivity index (χ0) is 16.2. The molecule has 0 saturated heterocycles. The lowest BCUT2D eigenvalue weighted by Crippen LogP contribution is -2.12. The van der Waals surface area contributed by atoms with Gasteiger partial charge in [-0.1, -0.05) is 0 Å². The quantitative estimate of drug-likeness (QED) is 0.749. The zero-order valence-electron chi connectivity index (χ0n) is 13.7. The summed E-state index contributed by atoms with van der Waals surface area (Å²) in [5.41, 5.74) is 3.69. The highest BCUT2D eigenvalue weighted by atomic mass is 32.1. The Morgan fingerprint density at radius 2 is 1.91 bits per heavy atom. The van der Waals surface area contributed by atoms with E-state index < -0.39 is 0 Å². The van der Waals surface area contributed by atoms with Gasteiger partial charge in [0, 0.05) is 41.1 Å². The van der Waals surface area contributed by atoms with Crippen LogP contribution < -0.4 is 10.1 Å². The first-order chi connectivity index (χ1) is 11.2. The van der Waals surface area contributed by atoms with Crippen molar-refractivity contribution < 1.29 is 4.74 Å². The smallest absolute Gasteiger partial charge is 0.118 e. The zero-order valence-corrected chi connectivity index (χ0v) is 14.5. The summed E-state index contributed by atoms with van der Waals surface area (Å²) in [7, 11) is 3.66. The molecule has 120 valence electrons. The number of aryl methyl sites for hydroxylation is 1. The molecule has 0 radical (unpaired) electrons. The standard InChI is InChI=1S/C18H21N3OS/c1-13-15(11-20-21(13)2)10-19-12-17-8-9-18(23-17)14-4-6-16(22-3)7-5-14/h4-9,11,19H,10,12H2,1-3H3. The second-order valence-corrected chi connectivity index (χ2v) is 6.65. The minimum atomic E-state index is 0.843. The van der Waals surface area contributed by atoms with Crippen molar-refractivity contribution >= 4 is 11.3 Å². The molecule has 0 aliphatic carbocycles. The lowest BCUT2D eigenvalue weighted by atomic mass is 10.2. The van der Waals surface area contributed by atoms with Gasteiger partial charge >= 0.3 is 0 Å². The molecule has 0 amide bonds. The van der Waals surface area contributed by atoms with Gasteiger partial charge in [-0.25, -0.2) is 0 Å². The van der Waals surface area contributed by atoms with Crippen LogP contribution in [-0.4, -0.2) is 16.9 Å². The molecule has 3 aromatic rings. The molecule has 0 saturated carbocycles. The van der Waals surface area contributed by atoms with Gasteiger partial charge in [-0.05, 0) is 48.9 Å². The van der Waals surface area contributed by atoms with Gasteiger partial charge in [0.15, 0.2) is 0 Å². The number of benzene rings is 1. The number of rotatable bonds is 6. The van der Waals surface area contributed by atoms with Crippen molar-refractivity contribution in [1.29, 1.82) is 0 Å². The first-order valence-electron chi connectivity index (χ1n) is 7.58. The molecule has 0 bridgehead atoms. The van der Waals surface area contributed by atoms with Crippen LogP contribution >= 0.6 is 11.3 Å². The van der Waals surface area contributed by atoms with Crippen molar-refractivity contribution in [2.45, 2.75) is 20.0 Å². The third-order valence-corrected chi connectivity index (χ3v) is 5.12. The number of ether oxygens (including phenoxy) is 1. The molecule has 1 N–H and O–H groups in total. The number of nitrogens with one attached hydrogen (secondary N) is 1. The second-order valence-electron chi connectivity index (χ2n) is 5.48. The molecule has 23 heavy (non-hydrogen) atoms. The fourth-order valence-electron chi connectivity index (χ4n) is 2.42. The summed E-state index contributed by atoms with van der Waals surface area (Å²) in [6, 6.07) is 12.6. The van der Waals surface area contributed by atoms with Gasteiger partial charge in [-0.15, -0.1) is 11.3 Å². The number of methoxy groups -OCH3 is 1. The Kier molecular flexibility index (Phi) is 4.79. The second kappa shape index (κ2) is 6.98. The van der Waals surface area contributed by atoms with E-state index in [0.717, 1.165) is 18.8 Å². The third-order valence-electron chi connectivity index (χ3n) is 3.99. The van der Waals surface area contributed by atoms with Crippen LogP contribution in [0.4, 0.5) is 0 Å². The lowest BCUT2D eigenvalue weighted by Gasteiger charge is -2.03. The minimum Gasteiger partial charge on any atom is -0.497 e. The van der Waals surface area contributed by atoms with Gasteiger partial charge in [0.1, 0.15) is 5.75 Å². The van der Waals surface area contributed by atoms with E-state index in [2.05, 4.69) is 41.6 Å². The Labute approximate surface area is 140 Å². The molecule has 0 fully saturated rings. The first-order valence-corrected chi connectivity index (χ1v) is 8.40. The number of aromatic nitrogens is 2. The summed E-state index contributed by atoms with van der Waals surface area (Å²) in [4.78, 5) is 2.61. The highest BCUT2D eigenvalue weighted by Crippen LogP contribution is 2.29. The average Bonchev–Trinajstić information content (AvgIpc) is 3.17. The SMILES string of the molecule is COc1ccc(-c2ccc(CNCc3cnn(C)c3C)s2)cc1. The van der Waals surface area contributed by atoms with E-state index in [1.165, 1.54) is 26.6 Å². The Morgan fingerprint density at radius 1 is 1.13 bits per heavy atom. The molecule has 5 heteroatoms. The highest BCUT2D eigenvalue weighted by molar-refractivity contribution is 7.15. The van der Waals surface area contributed by atoms with Gasteiger partial charge in [0.2, 0.25) is 0 Å². The van der Waals surface area contributed by atoms with Crippen LogP contribution in [0.5, 0.6) is 5.75 Å². The summed E-state index contributed by atoms with van der Waals surface area (Å²) in [5, 5.41) is 7.76. The van der Waals surface area contributed by atoms with E-state index in [4.69, 9.17) is 4.74 Å². The van der Waals surface area contributed by atoms with Crippen molar-refractivity contribution in [3.63, 3.8) is 0 Å². The summed E-state index contributed by atoms with van der Waals surface area (Å²) in [5.74, 6) is 0.888. The highest BCUT2D eigenvalue weighted by Gasteiger charge is 2.05. The molecular weight excluding hydrogens is 306 g/mol. The predicted octanol–water partition coefficient (Wildman–Crippen LogP) is 3.76. The molecule has 4 nitrogen and oxygen atoms in total. The molecule has 0 unspecified atom stereocenters. The van der Waals surface area contributed by atoms with Gasteiger partial charge in [-0.2, -0.15) is 5.10 Å². The fraction of sp³-hybridized carbons (Fsp3) is 0.278. The Morgan fingerprint density at radius 3 is 2.57 bits per heavy atom. The van der Waals surface area contributed by atoms with Crippen LogP contribution in [0.25, 0.3) is 10.4 Å². The van der Waals surface area contributed by atoms with E-state index in [1.54, 1.807) is 7.11 Å². The predicted molar refractivity (Wildman–Crippen MR) is 94.8 cm³/mol. The van der Waals surface area contributed by atoms with Crippen molar-refractivity contribution in [3.05, 3.63) is 58.7 Å². The van der Waals surface area contributed by atoms with Crippen LogP contribution in [-0.2, 0) is 20.1 Å². The molecule has 1 aromatic carbocycles. The lowest BCUT2D eigenvalue weighted by molar-refractivity contribution is 0.415. The van der Waals surface area contributed by atoms with Crippen molar-refractivity contribution in [2.24, 2.45) is 7.05 Å². The molecule has 0 spiro atoms. The van der Waals surface area contributed by atoms with Gasteiger partial charge in [-0.3, -0.25) is 4.68 Å². The fourth-order valence-corrected chi connectivity index (χ4v) is 3.40. The summed E-state index contributed by atoms with van der Waals surface area (Å²) >= 11 is 1.82. The number of hydrogen-bond acceptors (Lipinski definition) is 4. The van der Waals surface area contributed by atoms with E-state index in [1.807, 2.05) is 41.4 Å². The van der Waals surface area contributed by atoms with Crippen LogP contribution in [0, 0.1) is 6.92 Å². The Hall–Kier alpha value is -2.11. The van der Waals surface area contributed by atoms with Gasteiger partial charge < -0.3 is 10.1 Å². The molecule has 0 aliphatic heterocycles. The first kappa shape index (κ1) is 15.8. The number of hydrogen-bond donors (Lipinski definition) is 1. The van der Waals surface area contributed by atoms with E-state index in [9.17, 15) is 0 Å². The maximum atomic E-state index is 5.20. The maximum absolute atomic E-state index is 5.20. The molecule has 0 aliphatic rings. The third kappa shape index (κ3) is 3.63. The topological polar surface area (TPSA) is 39.1 Å². The molecule has 2 heterocycles. The van der Waals surface area contributed by atoms with Crippen LogP contribution in [0.15, 0.2) is 42.6 Å². The average molecular weight is 327 g/mol. The van der Waals surface area contributed by atoms with E-state index in [-0.39, 0.29) is 0 Å². The van der Waals surface area contributed by atoms with Gasteiger partial charge in [0.25, 0.3) is 0 Å². The summed E-state index contributed by atoms with van der Waals surface area (Å²) in [6.07, 6.45) is 1.93. The Balaban J connectivity index is 1.59.